The lowest BCUT2D eigenvalue weighted by atomic mass is 9.75. The van der Waals surface area contributed by atoms with Crippen molar-refractivity contribution >= 4 is 18.3 Å². The Bertz CT molecular complexity index is 933. The smallest absolute Gasteiger partial charge is 0.426 e. The molecule has 0 saturated heterocycles. The number of halogens is 4. The molecule has 4 N–H and O–H groups in total. The van der Waals surface area contributed by atoms with Crippen molar-refractivity contribution in [3.8, 4) is 11.5 Å². The summed E-state index contributed by atoms with van der Waals surface area (Å²) in [4.78, 5) is 13.0. The molecule has 1 saturated carbocycles. The molecule has 12 heteroatoms. The lowest BCUT2D eigenvalue weighted by Gasteiger charge is -2.41. The third-order valence-corrected chi connectivity index (χ3v) is 8.22. The van der Waals surface area contributed by atoms with Gasteiger partial charge >= 0.3 is 6.18 Å². The van der Waals surface area contributed by atoms with Crippen molar-refractivity contribution in [1.29, 1.82) is 0 Å². The summed E-state index contributed by atoms with van der Waals surface area (Å²) in [5.41, 5.74) is 4.38. The fourth-order valence-corrected chi connectivity index (χ4v) is 5.66. The standard InChI is InChI=1S/C30H49F3N2O6.ClH/c1-20(2)22(16-21-12-13-26(39-4)27(17-21)41-15-9-14-38-3)18-24(34)25(36)19-35-28(37)29(40-5,30(31,32)33)23-10-7-6-8-11-23;/h12-13,17,20,22-25,36H,6-11,14-16,18-19,34H2,1-5H3,(H,35,37);1H/t22-,24-,25-,29+;/m0./s1. The Morgan fingerprint density at radius 3 is 2.31 bits per heavy atom. The summed E-state index contributed by atoms with van der Waals surface area (Å²) in [5, 5.41) is 13.1. The SMILES string of the molecule is COCCCOc1cc(C[C@@H](C[C@H](N)[C@@H](O)CNC(=O)[C@](OC)(C2CCCCC2)C(F)(F)F)C(C)C)ccc1OC.Cl. The van der Waals surface area contributed by atoms with E-state index in [-0.39, 0.29) is 37.1 Å². The maximum absolute atomic E-state index is 14.2. The number of nitrogens with one attached hydrogen (secondary N) is 1. The van der Waals surface area contributed by atoms with Crippen LogP contribution in [0.2, 0.25) is 0 Å². The largest absolute Gasteiger partial charge is 0.493 e. The number of amides is 1. The van der Waals surface area contributed by atoms with Crippen LogP contribution in [0.1, 0.15) is 64.4 Å². The predicted octanol–water partition coefficient (Wildman–Crippen LogP) is 5.07. The molecule has 0 unspecified atom stereocenters. The molecular weight excluding hydrogens is 577 g/mol. The molecule has 0 heterocycles. The Kier molecular flexibility index (Phi) is 16.5. The molecule has 1 aromatic rings. The van der Waals surface area contributed by atoms with Crippen molar-refractivity contribution in [1.82, 2.24) is 5.32 Å². The number of rotatable bonds is 17. The highest BCUT2D eigenvalue weighted by molar-refractivity contribution is 5.86. The van der Waals surface area contributed by atoms with E-state index in [9.17, 15) is 23.1 Å². The van der Waals surface area contributed by atoms with Crippen molar-refractivity contribution in [3.63, 3.8) is 0 Å². The van der Waals surface area contributed by atoms with E-state index in [0.717, 1.165) is 25.5 Å². The zero-order valence-corrected chi connectivity index (χ0v) is 26.3. The van der Waals surface area contributed by atoms with E-state index >= 15 is 0 Å². The minimum absolute atomic E-state index is 0. The van der Waals surface area contributed by atoms with E-state index in [1.807, 2.05) is 18.2 Å². The quantitative estimate of drug-likeness (QED) is 0.207. The second-order valence-electron chi connectivity index (χ2n) is 11.3. The maximum atomic E-state index is 14.2. The highest BCUT2D eigenvalue weighted by atomic mass is 35.5. The van der Waals surface area contributed by atoms with Gasteiger partial charge in [0.05, 0.1) is 19.8 Å². The van der Waals surface area contributed by atoms with Crippen LogP contribution in [-0.2, 0) is 20.7 Å². The van der Waals surface area contributed by atoms with E-state index in [1.165, 1.54) is 0 Å². The molecule has 1 amide bonds. The first-order valence-electron chi connectivity index (χ1n) is 14.5. The first kappa shape index (κ1) is 38.2. The molecule has 0 bridgehead atoms. The van der Waals surface area contributed by atoms with Gasteiger partial charge in [-0.2, -0.15) is 13.2 Å². The number of ether oxygens (including phenoxy) is 4. The molecule has 42 heavy (non-hydrogen) atoms. The summed E-state index contributed by atoms with van der Waals surface area (Å²) in [6.45, 7) is 4.76. The molecule has 1 fully saturated rings. The van der Waals surface area contributed by atoms with E-state index in [1.54, 1.807) is 14.2 Å². The molecule has 244 valence electrons. The lowest BCUT2D eigenvalue weighted by Crippen LogP contribution is -2.64. The predicted molar refractivity (Wildman–Crippen MR) is 158 cm³/mol. The first-order chi connectivity index (χ1) is 19.4. The average Bonchev–Trinajstić information content (AvgIpc) is 2.94. The van der Waals surface area contributed by atoms with Gasteiger partial charge in [-0.3, -0.25) is 4.79 Å². The summed E-state index contributed by atoms with van der Waals surface area (Å²) < 4.78 is 64.1. The summed E-state index contributed by atoms with van der Waals surface area (Å²) in [6.07, 6.45) is -1.78. The number of carbonyl (C=O) groups is 1. The normalized spacial score (nSPS) is 18.0. The molecule has 0 radical (unpaired) electrons. The van der Waals surface area contributed by atoms with Crippen molar-refractivity contribution in [2.24, 2.45) is 23.5 Å². The van der Waals surface area contributed by atoms with Crippen LogP contribution in [0.25, 0.3) is 0 Å². The van der Waals surface area contributed by atoms with E-state index in [0.29, 0.717) is 50.4 Å². The van der Waals surface area contributed by atoms with Crippen LogP contribution in [-0.4, -0.2) is 76.0 Å². The van der Waals surface area contributed by atoms with Gasteiger partial charge in [-0.05, 0) is 55.2 Å². The number of hydrogen-bond donors (Lipinski definition) is 3. The van der Waals surface area contributed by atoms with Gasteiger partial charge in [-0.15, -0.1) is 12.4 Å². The van der Waals surface area contributed by atoms with Crippen molar-refractivity contribution in [2.45, 2.75) is 89.1 Å². The number of hydrogen-bond acceptors (Lipinski definition) is 7. The Morgan fingerprint density at radius 2 is 1.76 bits per heavy atom. The van der Waals surface area contributed by atoms with Crippen LogP contribution in [0.4, 0.5) is 13.2 Å². The van der Waals surface area contributed by atoms with Gasteiger partial charge < -0.3 is 35.1 Å². The van der Waals surface area contributed by atoms with Gasteiger partial charge in [0.2, 0.25) is 5.60 Å². The number of aliphatic hydroxyl groups excluding tert-OH is 1. The average molecular weight is 627 g/mol. The number of benzene rings is 1. The van der Waals surface area contributed by atoms with Gasteiger partial charge in [0.1, 0.15) is 0 Å². The Labute approximate surface area is 254 Å². The third-order valence-electron chi connectivity index (χ3n) is 8.22. The summed E-state index contributed by atoms with van der Waals surface area (Å²) >= 11 is 0. The molecule has 0 spiro atoms. The number of methoxy groups -OCH3 is 3. The second-order valence-corrected chi connectivity index (χ2v) is 11.3. The monoisotopic (exact) mass is 626 g/mol. The fourth-order valence-electron chi connectivity index (χ4n) is 5.66. The van der Waals surface area contributed by atoms with Gasteiger partial charge in [-0.25, -0.2) is 0 Å². The van der Waals surface area contributed by atoms with Gasteiger partial charge in [0.25, 0.3) is 5.91 Å². The molecular formula is C30H50ClF3N2O6. The highest BCUT2D eigenvalue weighted by Crippen LogP contribution is 2.45. The minimum Gasteiger partial charge on any atom is -0.493 e. The van der Waals surface area contributed by atoms with Crippen LogP contribution in [0.3, 0.4) is 0 Å². The van der Waals surface area contributed by atoms with Gasteiger partial charge in [0.15, 0.2) is 11.5 Å². The molecule has 8 nitrogen and oxygen atoms in total. The van der Waals surface area contributed by atoms with E-state index in [4.69, 9.17) is 24.7 Å². The molecule has 2 rings (SSSR count). The minimum atomic E-state index is -4.89. The molecule has 0 aliphatic heterocycles. The van der Waals surface area contributed by atoms with Crippen LogP contribution < -0.4 is 20.5 Å². The number of aliphatic hydroxyl groups is 1. The van der Waals surface area contributed by atoms with Crippen molar-refractivity contribution in [3.05, 3.63) is 23.8 Å². The van der Waals surface area contributed by atoms with Crippen LogP contribution in [0.5, 0.6) is 11.5 Å². The maximum Gasteiger partial charge on any atom is 0.426 e. The highest BCUT2D eigenvalue weighted by Gasteiger charge is 2.65. The molecule has 1 aliphatic rings. The summed E-state index contributed by atoms with van der Waals surface area (Å²) in [7, 11) is 4.13. The topological polar surface area (TPSA) is 112 Å². The zero-order chi connectivity index (χ0) is 30.6. The molecule has 1 aromatic carbocycles. The lowest BCUT2D eigenvalue weighted by molar-refractivity contribution is -0.279. The van der Waals surface area contributed by atoms with Crippen molar-refractivity contribution in [2.75, 3.05) is 41.1 Å². The summed E-state index contributed by atoms with van der Waals surface area (Å²) in [5.74, 6) is -0.749. The van der Waals surface area contributed by atoms with Crippen molar-refractivity contribution < 1.29 is 42.0 Å². The third kappa shape index (κ3) is 10.1. The van der Waals surface area contributed by atoms with Crippen LogP contribution >= 0.6 is 12.4 Å². The second kappa shape index (κ2) is 18.1. The number of nitrogens with two attached hydrogens (primary N) is 1. The summed E-state index contributed by atoms with van der Waals surface area (Å²) in [6, 6.07) is 4.96. The molecule has 4 atom stereocenters. The Morgan fingerprint density at radius 1 is 1.10 bits per heavy atom. The molecule has 1 aliphatic carbocycles. The number of carbonyl (C=O) groups excluding carboxylic acids is 1. The van der Waals surface area contributed by atoms with E-state index < -0.39 is 42.3 Å². The fraction of sp³-hybridized carbons (Fsp3) is 0.767. The van der Waals surface area contributed by atoms with Crippen LogP contribution in [0.15, 0.2) is 18.2 Å². The Hall–Kier alpha value is -1.79. The Balaban J connectivity index is 0.00000882. The van der Waals surface area contributed by atoms with Gasteiger partial charge in [-0.1, -0.05) is 39.2 Å². The van der Waals surface area contributed by atoms with E-state index in [2.05, 4.69) is 19.2 Å². The first-order valence-corrected chi connectivity index (χ1v) is 14.5. The van der Waals surface area contributed by atoms with Gasteiger partial charge in [0, 0.05) is 45.8 Å². The number of alkyl halides is 3. The molecule has 0 aromatic heterocycles. The zero-order valence-electron chi connectivity index (χ0n) is 25.5. The van der Waals surface area contributed by atoms with Crippen LogP contribution in [0, 0.1) is 17.8 Å².